The predicted molar refractivity (Wildman–Crippen MR) is 99.7 cm³/mol. The zero-order valence-corrected chi connectivity index (χ0v) is 15.1. The third-order valence-corrected chi connectivity index (χ3v) is 5.60. The van der Waals surface area contributed by atoms with Gasteiger partial charge in [-0.3, -0.25) is 4.79 Å². The Morgan fingerprint density at radius 3 is 2.68 bits per heavy atom. The predicted octanol–water partition coefficient (Wildman–Crippen LogP) is 4.54. The van der Waals surface area contributed by atoms with Crippen LogP contribution in [0.5, 0.6) is 5.75 Å². The molecule has 2 aromatic carbocycles. The maximum atomic E-state index is 14.0. The number of thioether (sulfide) groups is 1. The first-order chi connectivity index (χ1) is 12.2. The Hall–Kier alpha value is -2.01. The van der Waals surface area contributed by atoms with E-state index in [2.05, 4.69) is 0 Å². The van der Waals surface area contributed by atoms with E-state index in [1.54, 1.807) is 30.0 Å². The van der Waals surface area contributed by atoms with Crippen molar-refractivity contribution in [1.82, 2.24) is 4.90 Å². The molecule has 2 aromatic rings. The molecule has 1 unspecified atom stereocenters. The van der Waals surface area contributed by atoms with E-state index in [1.165, 1.54) is 6.07 Å². The maximum Gasteiger partial charge on any atom is 0.253 e. The third-order valence-electron chi connectivity index (χ3n) is 4.29. The minimum Gasteiger partial charge on any atom is -0.494 e. The highest BCUT2D eigenvalue weighted by atomic mass is 32.2. The molecule has 0 spiro atoms. The van der Waals surface area contributed by atoms with E-state index < -0.39 is 0 Å². The summed E-state index contributed by atoms with van der Waals surface area (Å²) in [7, 11) is 0. The average molecular weight is 359 g/mol. The Kier molecular flexibility index (Phi) is 5.97. The van der Waals surface area contributed by atoms with Crippen LogP contribution in [0.4, 0.5) is 4.39 Å². The number of carbonyl (C=O) groups excluding carboxylic acids is 1. The van der Waals surface area contributed by atoms with Gasteiger partial charge in [0.2, 0.25) is 0 Å². The topological polar surface area (TPSA) is 29.5 Å². The quantitative estimate of drug-likeness (QED) is 0.802. The first-order valence-electron chi connectivity index (χ1n) is 8.57. The van der Waals surface area contributed by atoms with Gasteiger partial charge in [0, 0.05) is 35.2 Å². The molecule has 132 valence electrons. The van der Waals surface area contributed by atoms with Gasteiger partial charge in [0.25, 0.3) is 5.91 Å². The number of amides is 1. The number of rotatable bonds is 4. The molecule has 1 saturated heterocycles. The second-order valence-electron chi connectivity index (χ2n) is 5.92. The molecule has 1 fully saturated rings. The Balaban J connectivity index is 1.66. The molecule has 0 aliphatic carbocycles. The van der Waals surface area contributed by atoms with Gasteiger partial charge in [-0.1, -0.05) is 18.2 Å². The molecule has 1 atom stereocenters. The first-order valence-corrected chi connectivity index (χ1v) is 9.62. The van der Waals surface area contributed by atoms with Crippen molar-refractivity contribution in [3.05, 3.63) is 65.5 Å². The van der Waals surface area contributed by atoms with Crippen LogP contribution in [0, 0.1) is 5.82 Å². The highest BCUT2D eigenvalue weighted by molar-refractivity contribution is 7.99. The molecule has 0 aromatic heterocycles. The SMILES string of the molecule is CCOc1ccc(C(=O)N2CCSC(c3ccccc3F)CC2)cc1. The van der Waals surface area contributed by atoms with Crippen molar-refractivity contribution in [1.29, 1.82) is 0 Å². The summed E-state index contributed by atoms with van der Waals surface area (Å²) in [5.74, 6) is 1.44. The molecule has 0 N–H and O–H groups in total. The average Bonchev–Trinajstić information content (AvgIpc) is 2.88. The van der Waals surface area contributed by atoms with Gasteiger partial charge in [-0.2, -0.15) is 11.8 Å². The van der Waals surface area contributed by atoms with Crippen molar-refractivity contribution in [3.63, 3.8) is 0 Å². The summed E-state index contributed by atoms with van der Waals surface area (Å²) >= 11 is 1.72. The Bertz CT molecular complexity index is 720. The number of carbonyl (C=O) groups is 1. The Morgan fingerprint density at radius 1 is 1.20 bits per heavy atom. The van der Waals surface area contributed by atoms with Crippen molar-refractivity contribution >= 4 is 17.7 Å². The zero-order chi connectivity index (χ0) is 17.6. The fraction of sp³-hybridized carbons (Fsp3) is 0.350. The molecular formula is C20H22FNO2S. The van der Waals surface area contributed by atoms with Crippen molar-refractivity contribution in [2.75, 3.05) is 25.4 Å². The molecule has 3 nitrogen and oxygen atoms in total. The standard InChI is InChI=1S/C20H22FNO2S/c1-2-24-16-9-7-15(8-10-16)20(23)22-12-11-19(25-14-13-22)17-5-3-4-6-18(17)21/h3-10,19H,2,11-14H2,1H3. The molecule has 25 heavy (non-hydrogen) atoms. The van der Waals surface area contributed by atoms with E-state index in [9.17, 15) is 9.18 Å². The largest absolute Gasteiger partial charge is 0.494 e. The number of nitrogens with zero attached hydrogens (tertiary/aromatic N) is 1. The van der Waals surface area contributed by atoms with Gasteiger partial charge in [-0.05, 0) is 43.7 Å². The van der Waals surface area contributed by atoms with Crippen LogP contribution in [0.25, 0.3) is 0 Å². The van der Waals surface area contributed by atoms with Crippen LogP contribution in [-0.2, 0) is 0 Å². The fourth-order valence-electron chi connectivity index (χ4n) is 3.00. The van der Waals surface area contributed by atoms with Crippen molar-refractivity contribution in [2.45, 2.75) is 18.6 Å². The summed E-state index contributed by atoms with van der Waals surface area (Å²) in [6.07, 6.45) is 0.758. The number of hydrogen-bond donors (Lipinski definition) is 0. The van der Waals surface area contributed by atoms with E-state index in [-0.39, 0.29) is 17.0 Å². The molecule has 0 bridgehead atoms. The summed E-state index contributed by atoms with van der Waals surface area (Å²) in [6, 6.07) is 14.2. The smallest absolute Gasteiger partial charge is 0.253 e. The minimum absolute atomic E-state index is 0.0258. The molecule has 1 aliphatic heterocycles. The summed E-state index contributed by atoms with van der Waals surface area (Å²) in [5.41, 5.74) is 1.40. The van der Waals surface area contributed by atoms with Crippen LogP contribution < -0.4 is 4.74 Å². The molecule has 0 radical (unpaired) electrons. The van der Waals surface area contributed by atoms with Crippen LogP contribution in [0.1, 0.15) is 34.5 Å². The molecule has 0 saturated carbocycles. The molecule has 3 rings (SSSR count). The van der Waals surface area contributed by atoms with Gasteiger partial charge in [0.1, 0.15) is 11.6 Å². The molecular weight excluding hydrogens is 337 g/mol. The van der Waals surface area contributed by atoms with E-state index in [0.29, 0.717) is 25.3 Å². The number of halogens is 1. The van der Waals surface area contributed by atoms with E-state index in [1.807, 2.05) is 36.1 Å². The summed E-state index contributed by atoms with van der Waals surface area (Å²) in [4.78, 5) is 14.6. The number of ether oxygens (including phenoxy) is 1. The van der Waals surface area contributed by atoms with Crippen molar-refractivity contribution in [2.24, 2.45) is 0 Å². The van der Waals surface area contributed by atoms with E-state index in [4.69, 9.17) is 4.74 Å². The maximum absolute atomic E-state index is 14.0. The lowest BCUT2D eigenvalue weighted by atomic mass is 10.1. The van der Waals surface area contributed by atoms with Gasteiger partial charge >= 0.3 is 0 Å². The van der Waals surface area contributed by atoms with Crippen LogP contribution in [-0.4, -0.2) is 36.3 Å². The Morgan fingerprint density at radius 2 is 1.96 bits per heavy atom. The Labute approximate surface area is 152 Å². The summed E-state index contributed by atoms with van der Waals surface area (Å²) in [6.45, 7) is 3.85. The number of benzene rings is 2. The van der Waals surface area contributed by atoms with Gasteiger partial charge in [-0.25, -0.2) is 4.39 Å². The van der Waals surface area contributed by atoms with Crippen molar-refractivity contribution in [3.8, 4) is 5.75 Å². The van der Waals surface area contributed by atoms with Gasteiger partial charge in [0.05, 0.1) is 6.61 Å². The van der Waals surface area contributed by atoms with Crippen LogP contribution in [0.15, 0.2) is 48.5 Å². The minimum atomic E-state index is -0.161. The van der Waals surface area contributed by atoms with Crippen molar-refractivity contribution < 1.29 is 13.9 Å². The van der Waals surface area contributed by atoms with Crippen LogP contribution in [0.2, 0.25) is 0 Å². The number of hydrogen-bond acceptors (Lipinski definition) is 3. The van der Waals surface area contributed by atoms with Crippen LogP contribution >= 0.6 is 11.8 Å². The fourth-order valence-corrected chi connectivity index (χ4v) is 4.25. The molecule has 1 heterocycles. The monoisotopic (exact) mass is 359 g/mol. The summed E-state index contributed by atoms with van der Waals surface area (Å²) in [5, 5.41) is 0.0966. The normalized spacial score (nSPS) is 17.8. The van der Waals surface area contributed by atoms with Gasteiger partial charge < -0.3 is 9.64 Å². The second kappa shape index (κ2) is 8.39. The lowest BCUT2D eigenvalue weighted by Gasteiger charge is -2.20. The van der Waals surface area contributed by atoms with Gasteiger partial charge in [0.15, 0.2) is 0 Å². The third kappa shape index (κ3) is 4.34. The molecule has 1 amide bonds. The second-order valence-corrected chi connectivity index (χ2v) is 7.23. The molecule has 1 aliphatic rings. The first kappa shape index (κ1) is 17.8. The molecule has 5 heteroatoms. The van der Waals surface area contributed by atoms with E-state index in [0.717, 1.165) is 23.5 Å². The van der Waals surface area contributed by atoms with E-state index >= 15 is 0 Å². The lowest BCUT2D eigenvalue weighted by Crippen LogP contribution is -2.32. The summed E-state index contributed by atoms with van der Waals surface area (Å²) < 4.78 is 19.4. The highest BCUT2D eigenvalue weighted by Gasteiger charge is 2.24. The van der Waals surface area contributed by atoms with Gasteiger partial charge in [-0.15, -0.1) is 0 Å². The highest BCUT2D eigenvalue weighted by Crippen LogP contribution is 2.35. The lowest BCUT2D eigenvalue weighted by molar-refractivity contribution is 0.0766. The zero-order valence-electron chi connectivity index (χ0n) is 14.3. The van der Waals surface area contributed by atoms with Crippen LogP contribution in [0.3, 0.4) is 0 Å².